The van der Waals surface area contributed by atoms with Gasteiger partial charge < -0.3 is 11.1 Å². The van der Waals surface area contributed by atoms with Crippen LogP contribution >= 0.6 is 0 Å². The van der Waals surface area contributed by atoms with E-state index in [0.717, 1.165) is 25.1 Å². The number of nitrogens with one attached hydrogen (secondary N) is 1. The molecule has 1 aromatic carbocycles. The highest BCUT2D eigenvalue weighted by atomic mass is 16.6. The summed E-state index contributed by atoms with van der Waals surface area (Å²) in [5.41, 5.74) is 7.24. The average molecular weight is 221 g/mol. The molecule has 16 heavy (non-hydrogen) atoms. The van der Waals surface area contributed by atoms with Crippen LogP contribution in [0.4, 0.5) is 5.69 Å². The van der Waals surface area contributed by atoms with E-state index in [1.165, 1.54) is 12.1 Å². The summed E-state index contributed by atoms with van der Waals surface area (Å²) in [5, 5.41) is 13.8. The summed E-state index contributed by atoms with van der Waals surface area (Å²) >= 11 is 0. The maximum atomic E-state index is 10.5. The number of non-ortho nitro benzene ring substituents is 1. The Hall–Kier alpha value is -1.46. The number of benzene rings is 1. The fourth-order valence-corrected chi connectivity index (χ4v) is 2.09. The quantitative estimate of drug-likeness (QED) is 0.576. The number of hydrogen-bond donors (Lipinski definition) is 2. The van der Waals surface area contributed by atoms with Gasteiger partial charge in [0.15, 0.2) is 0 Å². The Morgan fingerprint density at radius 3 is 2.62 bits per heavy atom. The minimum atomic E-state index is -0.386. The molecule has 0 bridgehead atoms. The van der Waals surface area contributed by atoms with Crippen molar-refractivity contribution in [3.8, 4) is 0 Å². The second kappa shape index (κ2) is 4.59. The molecule has 1 fully saturated rings. The van der Waals surface area contributed by atoms with E-state index in [0.29, 0.717) is 0 Å². The topological polar surface area (TPSA) is 81.2 Å². The summed E-state index contributed by atoms with van der Waals surface area (Å²) in [6.45, 7) is 1.80. The normalized spacial score (nSPS) is 25.3. The van der Waals surface area contributed by atoms with Gasteiger partial charge in [-0.05, 0) is 18.5 Å². The Kier molecular flexibility index (Phi) is 3.17. The van der Waals surface area contributed by atoms with Crippen LogP contribution in [-0.4, -0.2) is 24.1 Å². The number of nitro groups is 1. The highest BCUT2D eigenvalue weighted by molar-refractivity contribution is 5.35. The van der Waals surface area contributed by atoms with Gasteiger partial charge in [-0.2, -0.15) is 0 Å². The molecule has 2 atom stereocenters. The zero-order chi connectivity index (χ0) is 11.5. The molecule has 0 spiro atoms. The summed E-state index contributed by atoms with van der Waals surface area (Å²) < 4.78 is 0. The third-order valence-corrected chi connectivity index (χ3v) is 3.07. The van der Waals surface area contributed by atoms with Gasteiger partial charge in [-0.15, -0.1) is 0 Å². The van der Waals surface area contributed by atoms with E-state index < -0.39 is 0 Å². The summed E-state index contributed by atoms with van der Waals surface area (Å²) in [5.74, 6) is 0.259. The van der Waals surface area contributed by atoms with Crippen LogP contribution in [-0.2, 0) is 0 Å². The second-order valence-electron chi connectivity index (χ2n) is 4.11. The maximum absolute atomic E-state index is 10.5. The minimum absolute atomic E-state index is 0.126. The third kappa shape index (κ3) is 2.20. The molecule has 1 aliphatic rings. The van der Waals surface area contributed by atoms with Gasteiger partial charge in [0.2, 0.25) is 0 Å². The Morgan fingerprint density at radius 2 is 2.06 bits per heavy atom. The average Bonchev–Trinajstić information content (AvgIpc) is 2.30. The second-order valence-corrected chi connectivity index (χ2v) is 4.11. The molecule has 2 rings (SSSR count). The molecule has 0 saturated carbocycles. The summed E-state index contributed by atoms with van der Waals surface area (Å²) in [6.07, 6.45) is 0.946. The highest BCUT2D eigenvalue weighted by Crippen LogP contribution is 2.24. The maximum Gasteiger partial charge on any atom is 0.269 e. The zero-order valence-corrected chi connectivity index (χ0v) is 8.93. The van der Waals surface area contributed by atoms with Crippen LogP contribution in [0.15, 0.2) is 24.3 Å². The van der Waals surface area contributed by atoms with Gasteiger partial charge in [-0.25, -0.2) is 0 Å². The van der Waals surface area contributed by atoms with Crippen molar-refractivity contribution in [3.05, 3.63) is 39.9 Å². The summed E-state index contributed by atoms with van der Waals surface area (Å²) in [7, 11) is 0. The summed E-state index contributed by atoms with van der Waals surface area (Å²) in [4.78, 5) is 10.1. The van der Waals surface area contributed by atoms with Crippen molar-refractivity contribution in [3.63, 3.8) is 0 Å². The number of nitro benzene ring substituents is 1. The number of rotatable bonds is 2. The van der Waals surface area contributed by atoms with Crippen molar-refractivity contribution in [2.24, 2.45) is 5.73 Å². The van der Waals surface area contributed by atoms with Gasteiger partial charge in [0.1, 0.15) is 0 Å². The van der Waals surface area contributed by atoms with E-state index in [9.17, 15) is 10.1 Å². The lowest BCUT2D eigenvalue weighted by Crippen LogP contribution is -2.43. The first-order valence-corrected chi connectivity index (χ1v) is 5.39. The Bertz CT molecular complexity index is 377. The molecule has 0 aliphatic carbocycles. The van der Waals surface area contributed by atoms with Gasteiger partial charge in [0.25, 0.3) is 5.69 Å². The van der Waals surface area contributed by atoms with E-state index in [-0.39, 0.29) is 22.6 Å². The molecule has 5 nitrogen and oxygen atoms in total. The number of hydrogen-bond acceptors (Lipinski definition) is 4. The van der Waals surface area contributed by atoms with E-state index in [4.69, 9.17) is 5.73 Å². The molecule has 3 N–H and O–H groups in total. The van der Waals surface area contributed by atoms with Crippen LogP contribution in [0.25, 0.3) is 0 Å². The van der Waals surface area contributed by atoms with Crippen LogP contribution in [0.3, 0.4) is 0 Å². The molecule has 0 aromatic heterocycles. The van der Waals surface area contributed by atoms with Gasteiger partial charge >= 0.3 is 0 Å². The van der Waals surface area contributed by atoms with Crippen molar-refractivity contribution in [2.45, 2.75) is 18.4 Å². The molecule has 86 valence electrons. The lowest BCUT2D eigenvalue weighted by Gasteiger charge is -2.29. The van der Waals surface area contributed by atoms with Crippen LogP contribution in [0.1, 0.15) is 17.9 Å². The largest absolute Gasteiger partial charge is 0.327 e. The first-order chi connectivity index (χ1) is 7.68. The van der Waals surface area contributed by atoms with E-state index in [2.05, 4.69) is 5.32 Å². The van der Waals surface area contributed by atoms with Crippen molar-refractivity contribution >= 4 is 5.69 Å². The molecule has 0 radical (unpaired) electrons. The zero-order valence-electron chi connectivity index (χ0n) is 8.93. The standard InChI is InChI=1S/C11H15N3O2/c12-11-5-6-13-7-10(11)8-1-3-9(4-2-8)14(15)16/h1-4,10-11,13H,5-7,12H2/t10-,11+/m0/s1. The SMILES string of the molecule is N[C@@H]1CCNC[C@H]1c1ccc([N+](=O)[O-])cc1. The lowest BCUT2D eigenvalue weighted by atomic mass is 9.87. The first kappa shape index (κ1) is 11.0. The molecule has 0 amide bonds. The number of piperidine rings is 1. The van der Waals surface area contributed by atoms with Crippen LogP contribution in [0.2, 0.25) is 0 Å². The monoisotopic (exact) mass is 221 g/mol. The predicted octanol–water partition coefficient (Wildman–Crippen LogP) is 0.999. The highest BCUT2D eigenvalue weighted by Gasteiger charge is 2.23. The van der Waals surface area contributed by atoms with E-state index in [1.54, 1.807) is 12.1 Å². The predicted molar refractivity (Wildman–Crippen MR) is 61.3 cm³/mol. The van der Waals surface area contributed by atoms with Crippen molar-refractivity contribution in [1.82, 2.24) is 5.32 Å². The van der Waals surface area contributed by atoms with Crippen molar-refractivity contribution in [2.75, 3.05) is 13.1 Å². The summed E-state index contributed by atoms with van der Waals surface area (Å²) in [6, 6.07) is 6.82. The van der Waals surface area contributed by atoms with Crippen LogP contribution in [0, 0.1) is 10.1 Å². The van der Waals surface area contributed by atoms with Crippen LogP contribution in [0.5, 0.6) is 0 Å². The smallest absolute Gasteiger partial charge is 0.269 e. The van der Waals surface area contributed by atoms with E-state index >= 15 is 0 Å². The Balaban J connectivity index is 2.17. The van der Waals surface area contributed by atoms with Gasteiger partial charge in [0.05, 0.1) is 4.92 Å². The number of nitrogens with zero attached hydrogens (tertiary/aromatic N) is 1. The minimum Gasteiger partial charge on any atom is -0.327 e. The molecule has 1 aromatic rings. The first-order valence-electron chi connectivity index (χ1n) is 5.39. The molecule has 0 unspecified atom stereocenters. The van der Waals surface area contributed by atoms with E-state index in [1.807, 2.05) is 0 Å². The lowest BCUT2D eigenvalue weighted by molar-refractivity contribution is -0.384. The Labute approximate surface area is 93.8 Å². The third-order valence-electron chi connectivity index (χ3n) is 3.07. The molecular formula is C11H15N3O2. The van der Waals surface area contributed by atoms with Crippen molar-refractivity contribution < 1.29 is 4.92 Å². The van der Waals surface area contributed by atoms with Gasteiger partial charge in [-0.3, -0.25) is 10.1 Å². The molecule has 1 heterocycles. The molecule has 1 saturated heterocycles. The van der Waals surface area contributed by atoms with Gasteiger partial charge in [-0.1, -0.05) is 12.1 Å². The fourth-order valence-electron chi connectivity index (χ4n) is 2.09. The number of nitrogens with two attached hydrogens (primary N) is 1. The molecule has 1 aliphatic heterocycles. The van der Waals surface area contributed by atoms with Crippen molar-refractivity contribution in [1.29, 1.82) is 0 Å². The van der Waals surface area contributed by atoms with Gasteiger partial charge in [0, 0.05) is 30.6 Å². The fraction of sp³-hybridized carbons (Fsp3) is 0.455. The molecular weight excluding hydrogens is 206 g/mol. The molecule has 5 heteroatoms. The van der Waals surface area contributed by atoms with Crippen LogP contribution < -0.4 is 11.1 Å². The Morgan fingerprint density at radius 1 is 1.38 bits per heavy atom.